The van der Waals surface area contributed by atoms with Gasteiger partial charge in [-0.15, -0.1) is 0 Å². The molecule has 3 aromatic rings. The first-order chi connectivity index (χ1) is 16.7. The van der Waals surface area contributed by atoms with Crippen molar-refractivity contribution in [1.82, 2.24) is 9.62 Å². The molecular weight excluding hydrogens is 467 g/mol. The molecule has 1 aliphatic rings. The SMILES string of the molecule is Cc1ccc(S(=O)(=O)NC[C@H]2CCCN(C(=O)c3ccccc3C(=O)c3ccc(F)cc3)C2)cc1. The molecule has 4 rings (SSSR count). The Kier molecular flexibility index (Phi) is 7.42. The van der Waals surface area contributed by atoms with Crippen LogP contribution in [0.4, 0.5) is 4.39 Å². The molecule has 1 heterocycles. The molecule has 1 N–H and O–H groups in total. The van der Waals surface area contributed by atoms with E-state index in [1.165, 1.54) is 24.3 Å². The fourth-order valence-electron chi connectivity index (χ4n) is 4.24. The summed E-state index contributed by atoms with van der Waals surface area (Å²) in [4.78, 5) is 28.3. The number of carbonyl (C=O) groups excluding carboxylic acids is 2. The number of carbonyl (C=O) groups is 2. The molecule has 0 saturated carbocycles. The van der Waals surface area contributed by atoms with E-state index in [0.717, 1.165) is 18.4 Å². The van der Waals surface area contributed by atoms with E-state index < -0.39 is 15.8 Å². The van der Waals surface area contributed by atoms with Crippen LogP contribution in [0.1, 0.15) is 44.7 Å². The van der Waals surface area contributed by atoms with Gasteiger partial charge in [0.05, 0.1) is 10.5 Å². The number of nitrogens with zero attached hydrogens (tertiary/aromatic N) is 1. The van der Waals surface area contributed by atoms with Gasteiger partial charge in [-0.2, -0.15) is 0 Å². The van der Waals surface area contributed by atoms with Crippen molar-refractivity contribution >= 4 is 21.7 Å². The quantitative estimate of drug-likeness (QED) is 0.499. The molecule has 0 bridgehead atoms. The van der Waals surface area contributed by atoms with Crippen molar-refractivity contribution in [2.24, 2.45) is 5.92 Å². The highest BCUT2D eigenvalue weighted by molar-refractivity contribution is 7.89. The number of aryl methyl sites for hydroxylation is 1. The monoisotopic (exact) mass is 494 g/mol. The van der Waals surface area contributed by atoms with Gasteiger partial charge in [0.2, 0.25) is 10.0 Å². The van der Waals surface area contributed by atoms with E-state index in [1.807, 2.05) is 6.92 Å². The molecule has 35 heavy (non-hydrogen) atoms. The minimum absolute atomic E-state index is 0.0483. The molecule has 182 valence electrons. The highest BCUT2D eigenvalue weighted by Crippen LogP contribution is 2.22. The number of rotatable bonds is 7. The molecule has 1 amide bonds. The summed E-state index contributed by atoms with van der Waals surface area (Å²) in [5.74, 6) is -1.12. The molecule has 1 saturated heterocycles. The normalized spacial score (nSPS) is 16.2. The van der Waals surface area contributed by atoms with Crippen LogP contribution in [0.2, 0.25) is 0 Å². The smallest absolute Gasteiger partial charge is 0.254 e. The molecule has 3 aromatic carbocycles. The molecule has 0 unspecified atom stereocenters. The lowest BCUT2D eigenvalue weighted by molar-refractivity contribution is 0.0673. The van der Waals surface area contributed by atoms with Gasteiger partial charge in [-0.1, -0.05) is 35.9 Å². The number of nitrogens with one attached hydrogen (secondary N) is 1. The minimum atomic E-state index is -3.64. The number of hydrogen-bond acceptors (Lipinski definition) is 4. The van der Waals surface area contributed by atoms with Crippen molar-refractivity contribution in [2.75, 3.05) is 19.6 Å². The molecule has 0 aromatic heterocycles. The van der Waals surface area contributed by atoms with E-state index in [0.29, 0.717) is 18.7 Å². The average molecular weight is 495 g/mol. The maximum atomic E-state index is 13.4. The first-order valence-corrected chi connectivity index (χ1v) is 13.0. The van der Waals surface area contributed by atoms with Crippen LogP contribution in [-0.2, 0) is 10.0 Å². The highest BCUT2D eigenvalue weighted by atomic mass is 32.2. The molecule has 6 nitrogen and oxygen atoms in total. The van der Waals surface area contributed by atoms with Gasteiger partial charge in [0, 0.05) is 30.8 Å². The van der Waals surface area contributed by atoms with Gasteiger partial charge >= 0.3 is 0 Å². The lowest BCUT2D eigenvalue weighted by Gasteiger charge is -2.33. The molecular formula is C27H27FN2O4S. The van der Waals surface area contributed by atoms with Crippen LogP contribution in [0.3, 0.4) is 0 Å². The zero-order chi connectivity index (χ0) is 25.0. The fraction of sp³-hybridized carbons (Fsp3) is 0.259. The van der Waals surface area contributed by atoms with Gasteiger partial charge in [-0.05, 0) is 68.1 Å². The number of benzene rings is 3. The Morgan fingerprint density at radius 3 is 2.31 bits per heavy atom. The first-order valence-electron chi connectivity index (χ1n) is 11.5. The Balaban J connectivity index is 1.46. The van der Waals surface area contributed by atoms with Crippen molar-refractivity contribution in [1.29, 1.82) is 0 Å². The lowest BCUT2D eigenvalue weighted by Crippen LogP contribution is -2.44. The summed E-state index contributed by atoms with van der Waals surface area (Å²) in [6.45, 7) is 3.02. The number of hydrogen-bond donors (Lipinski definition) is 1. The van der Waals surface area contributed by atoms with Crippen LogP contribution >= 0.6 is 0 Å². The van der Waals surface area contributed by atoms with Gasteiger partial charge < -0.3 is 4.90 Å². The van der Waals surface area contributed by atoms with Crippen molar-refractivity contribution in [2.45, 2.75) is 24.7 Å². The summed E-state index contributed by atoms with van der Waals surface area (Å²) in [5.41, 5.74) is 1.81. The number of likely N-dealkylation sites (tertiary alicyclic amines) is 1. The number of halogens is 1. The Labute approximate surface area is 204 Å². The zero-order valence-electron chi connectivity index (χ0n) is 19.4. The van der Waals surface area contributed by atoms with Crippen molar-refractivity contribution in [3.63, 3.8) is 0 Å². The Morgan fingerprint density at radius 1 is 0.971 bits per heavy atom. The van der Waals surface area contributed by atoms with Crippen molar-refractivity contribution < 1.29 is 22.4 Å². The lowest BCUT2D eigenvalue weighted by atomic mass is 9.95. The van der Waals surface area contributed by atoms with Crippen LogP contribution in [0.25, 0.3) is 0 Å². The third-order valence-corrected chi connectivity index (χ3v) is 7.65. The van der Waals surface area contributed by atoms with E-state index in [9.17, 15) is 22.4 Å². The molecule has 1 atom stereocenters. The second-order valence-corrected chi connectivity index (χ2v) is 10.6. The Morgan fingerprint density at radius 2 is 1.63 bits per heavy atom. The van der Waals surface area contributed by atoms with Gasteiger partial charge in [0.25, 0.3) is 5.91 Å². The summed E-state index contributed by atoms with van der Waals surface area (Å²) < 4.78 is 41.2. The maximum Gasteiger partial charge on any atom is 0.254 e. The molecule has 1 aliphatic heterocycles. The predicted octanol–water partition coefficient (Wildman–Crippen LogP) is 4.20. The van der Waals surface area contributed by atoms with E-state index >= 15 is 0 Å². The number of ketones is 1. The van der Waals surface area contributed by atoms with E-state index in [4.69, 9.17) is 0 Å². The summed E-state index contributed by atoms with van der Waals surface area (Å²) >= 11 is 0. The molecule has 0 spiro atoms. The Hall–Kier alpha value is -3.36. The number of piperidine rings is 1. The van der Waals surface area contributed by atoms with Gasteiger partial charge in [-0.3, -0.25) is 9.59 Å². The molecule has 8 heteroatoms. The number of sulfonamides is 1. The van der Waals surface area contributed by atoms with Crippen LogP contribution in [0.5, 0.6) is 0 Å². The standard InChI is InChI=1S/C27H27FN2O4S/c1-19-8-14-23(15-9-19)35(33,34)29-17-20-5-4-16-30(18-20)27(32)25-7-3-2-6-24(25)26(31)21-10-12-22(28)13-11-21/h2-3,6-15,20,29H,4-5,16-18H2,1H3/t20-/m1/s1. The van der Waals surface area contributed by atoms with Crippen molar-refractivity contribution in [3.8, 4) is 0 Å². The predicted molar refractivity (Wildman–Crippen MR) is 131 cm³/mol. The topological polar surface area (TPSA) is 83.6 Å². The minimum Gasteiger partial charge on any atom is -0.338 e. The summed E-state index contributed by atoms with van der Waals surface area (Å²) in [6, 6.07) is 18.5. The van der Waals surface area contributed by atoms with Gasteiger partial charge in [0.1, 0.15) is 5.82 Å². The summed E-state index contributed by atoms with van der Waals surface area (Å²) in [7, 11) is -3.64. The van der Waals surface area contributed by atoms with Crippen LogP contribution in [0, 0.1) is 18.7 Å². The second kappa shape index (κ2) is 10.5. The van der Waals surface area contributed by atoms with E-state index in [1.54, 1.807) is 53.4 Å². The fourth-order valence-corrected chi connectivity index (χ4v) is 5.36. The second-order valence-electron chi connectivity index (χ2n) is 8.81. The largest absolute Gasteiger partial charge is 0.338 e. The summed E-state index contributed by atoms with van der Waals surface area (Å²) in [6.07, 6.45) is 1.52. The number of amides is 1. The third kappa shape index (κ3) is 5.83. The first kappa shape index (κ1) is 24.8. The van der Waals surface area contributed by atoms with E-state index in [2.05, 4.69) is 4.72 Å². The highest BCUT2D eigenvalue weighted by Gasteiger charge is 2.28. The van der Waals surface area contributed by atoms with Crippen LogP contribution < -0.4 is 4.72 Å². The van der Waals surface area contributed by atoms with Crippen molar-refractivity contribution in [3.05, 3.63) is 101 Å². The molecule has 1 fully saturated rings. The van der Waals surface area contributed by atoms with Crippen LogP contribution in [-0.4, -0.2) is 44.6 Å². The average Bonchev–Trinajstić information content (AvgIpc) is 2.87. The van der Waals surface area contributed by atoms with Gasteiger partial charge in [-0.25, -0.2) is 17.5 Å². The third-order valence-electron chi connectivity index (χ3n) is 6.21. The van der Waals surface area contributed by atoms with Crippen LogP contribution in [0.15, 0.2) is 77.7 Å². The van der Waals surface area contributed by atoms with Gasteiger partial charge in [0.15, 0.2) is 5.78 Å². The van der Waals surface area contributed by atoms with E-state index in [-0.39, 0.29) is 40.2 Å². The zero-order valence-corrected chi connectivity index (χ0v) is 20.2. The molecule has 0 aliphatic carbocycles. The molecule has 0 radical (unpaired) electrons. The maximum absolute atomic E-state index is 13.4. The summed E-state index contributed by atoms with van der Waals surface area (Å²) in [5, 5.41) is 0. The Bertz CT molecular complexity index is 1320.